The third kappa shape index (κ3) is 5.42. The molecule has 8 nitrogen and oxygen atoms in total. The Kier molecular flexibility index (Phi) is 7.64. The van der Waals surface area contributed by atoms with Gasteiger partial charge in [0.2, 0.25) is 5.95 Å². The summed E-state index contributed by atoms with van der Waals surface area (Å²) in [6, 6.07) is 15.6. The number of hydrogen-bond acceptors (Lipinski definition) is 6. The molecule has 6 rings (SSSR count). The Labute approximate surface area is 251 Å². The lowest BCUT2D eigenvalue weighted by Crippen LogP contribution is -2.40. The number of para-hydroxylation sites is 1. The highest BCUT2D eigenvalue weighted by atomic mass is 19.1. The van der Waals surface area contributed by atoms with Crippen molar-refractivity contribution >= 4 is 28.6 Å². The minimum absolute atomic E-state index is 0.0318. The first kappa shape index (κ1) is 29.1. The van der Waals surface area contributed by atoms with E-state index in [4.69, 9.17) is 10.7 Å². The average Bonchev–Trinajstić information content (AvgIpc) is 3.00. The number of pyridine rings is 1. The number of carbonyl (C=O) groups is 1. The summed E-state index contributed by atoms with van der Waals surface area (Å²) in [5.74, 6) is -2.38. The second kappa shape index (κ2) is 11.6. The molecule has 11 heteroatoms. The fraction of sp³-hybridized carbons (Fsp3) is 0.212. The van der Waals surface area contributed by atoms with E-state index in [1.807, 2.05) is 11.8 Å². The van der Waals surface area contributed by atoms with Crippen LogP contribution in [0.2, 0.25) is 0 Å². The van der Waals surface area contributed by atoms with Gasteiger partial charge in [0.15, 0.2) is 5.65 Å². The summed E-state index contributed by atoms with van der Waals surface area (Å²) in [6.45, 7) is 4.56. The van der Waals surface area contributed by atoms with E-state index in [2.05, 4.69) is 10.3 Å². The van der Waals surface area contributed by atoms with Crippen LogP contribution in [0.1, 0.15) is 34.3 Å². The maximum Gasteiger partial charge on any atom is 0.256 e. The Hall–Kier alpha value is -5.03. The van der Waals surface area contributed by atoms with Crippen molar-refractivity contribution in [1.82, 2.24) is 14.5 Å². The largest absolute Gasteiger partial charge is 0.341 e. The second-order valence-corrected chi connectivity index (χ2v) is 11.0. The zero-order chi connectivity index (χ0) is 31.1. The van der Waals surface area contributed by atoms with Gasteiger partial charge in [-0.2, -0.15) is 4.98 Å². The topological polar surface area (TPSA) is 106 Å². The van der Waals surface area contributed by atoms with Gasteiger partial charge < -0.3 is 16.0 Å². The van der Waals surface area contributed by atoms with E-state index in [0.29, 0.717) is 59.4 Å². The molecule has 224 valence electrons. The molecule has 1 amide bonds. The van der Waals surface area contributed by atoms with Crippen LogP contribution in [-0.4, -0.2) is 39.6 Å². The Balaban J connectivity index is 1.54. The molecule has 0 aliphatic carbocycles. The van der Waals surface area contributed by atoms with Crippen LogP contribution in [0.5, 0.6) is 0 Å². The van der Waals surface area contributed by atoms with Gasteiger partial charge in [0.05, 0.1) is 5.69 Å². The SMILES string of the molecule is Cc1cc(C(=O)Nc2ccc(C)c(-c3nc(N4CCC(N)CC4)nc4c3ccc(=O)n4-c3c(F)cccc3F)c2)ccc1F. The summed E-state index contributed by atoms with van der Waals surface area (Å²) in [5, 5.41) is 3.23. The number of fused-ring (bicyclic) bond motifs is 1. The van der Waals surface area contributed by atoms with Crippen molar-refractivity contribution < 1.29 is 18.0 Å². The fourth-order valence-corrected chi connectivity index (χ4v) is 5.41. The molecule has 1 aliphatic heterocycles. The van der Waals surface area contributed by atoms with E-state index in [1.54, 1.807) is 25.1 Å². The van der Waals surface area contributed by atoms with Crippen LogP contribution in [0.3, 0.4) is 0 Å². The highest BCUT2D eigenvalue weighted by Gasteiger charge is 2.24. The number of piperidine rings is 1. The van der Waals surface area contributed by atoms with Crippen molar-refractivity contribution in [2.75, 3.05) is 23.3 Å². The van der Waals surface area contributed by atoms with E-state index in [9.17, 15) is 14.0 Å². The molecular formula is C33H29F3N6O2. The maximum atomic E-state index is 15.1. The number of rotatable bonds is 5. The van der Waals surface area contributed by atoms with E-state index >= 15 is 8.78 Å². The number of anilines is 2. The van der Waals surface area contributed by atoms with E-state index in [-0.39, 0.29) is 17.6 Å². The number of carbonyl (C=O) groups excluding carboxylic acids is 1. The zero-order valence-corrected chi connectivity index (χ0v) is 24.1. The fourth-order valence-electron chi connectivity index (χ4n) is 5.41. The van der Waals surface area contributed by atoms with Gasteiger partial charge in [-0.15, -0.1) is 0 Å². The Morgan fingerprint density at radius 3 is 2.32 bits per heavy atom. The molecule has 44 heavy (non-hydrogen) atoms. The van der Waals surface area contributed by atoms with Crippen molar-refractivity contribution in [3.05, 3.63) is 111 Å². The number of nitrogens with one attached hydrogen (secondary N) is 1. The molecular weight excluding hydrogens is 569 g/mol. The van der Waals surface area contributed by atoms with Gasteiger partial charge in [-0.05, 0) is 86.3 Å². The molecule has 0 unspecified atom stereocenters. The van der Waals surface area contributed by atoms with Crippen molar-refractivity contribution in [2.24, 2.45) is 5.73 Å². The predicted octanol–water partition coefficient (Wildman–Crippen LogP) is 5.66. The first-order valence-electron chi connectivity index (χ1n) is 14.2. The van der Waals surface area contributed by atoms with Gasteiger partial charge in [-0.1, -0.05) is 12.1 Å². The van der Waals surface area contributed by atoms with Crippen LogP contribution in [0.4, 0.5) is 24.8 Å². The molecule has 0 atom stereocenters. The first-order chi connectivity index (χ1) is 21.1. The molecule has 1 aliphatic rings. The van der Waals surface area contributed by atoms with Gasteiger partial charge in [-0.3, -0.25) is 14.2 Å². The number of aryl methyl sites for hydroxylation is 2. The van der Waals surface area contributed by atoms with Crippen LogP contribution in [0.15, 0.2) is 71.5 Å². The molecule has 0 spiro atoms. The molecule has 3 aromatic carbocycles. The predicted molar refractivity (Wildman–Crippen MR) is 164 cm³/mol. The number of aromatic nitrogens is 3. The quantitative estimate of drug-likeness (QED) is 0.271. The van der Waals surface area contributed by atoms with Crippen LogP contribution in [0.25, 0.3) is 28.0 Å². The lowest BCUT2D eigenvalue weighted by molar-refractivity contribution is 0.102. The summed E-state index contributed by atoms with van der Waals surface area (Å²) in [7, 11) is 0. The number of nitrogens with two attached hydrogens (primary N) is 1. The average molecular weight is 599 g/mol. The number of nitrogens with zero attached hydrogens (tertiary/aromatic N) is 4. The van der Waals surface area contributed by atoms with Gasteiger partial charge in [0.25, 0.3) is 11.5 Å². The summed E-state index contributed by atoms with van der Waals surface area (Å²) < 4.78 is 44.8. The van der Waals surface area contributed by atoms with E-state index in [1.165, 1.54) is 36.4 Å². The van der Waals surface area contributed by atoms with Crippen molar-refractivity contribution in [3.63, 3.8) is 0 Å². The Morgan fingerprint density at radius 1 is 0.886 bits per heavy atom. The van der Waals surface area contributed by atoms with E-state index in [0.717, 1.165) is 22.3 Å². The van der Waals surface area contributed by atoms with Gasteiger partial charge >= 0.3 is 0 Å². The van der Waals surface area contributed by atoms with E-state index < -0.39 is 34.6 Å². The summed E-state index contributed by atoms with van der Waals surface area (Å²) in [4.78, 5) is 37.8. The number of halogens is 3. The Bertz CT molecular complexity index is 1970. The Morgan fingerprint density at radius 2 is 1.61 bits per heavy atom. The number of hydrogen-bond donors (Lipinski definition) is 2. The molecule has 1 fully saturated rings. The molecule has 5 aromatic rings. The third-order valence-electron chi connectivity index (χ3n) is 7.89. The van der Waals surface area contributed by atoms with Crippen molar-refractivity contribution in [1.29, 1.82) is 0 Å². The first-order valence-corrected chi connectivity index (χ1v) is 14.2. The van der Waals surface area contributed by atoms with Crippen molar-refractivity contribution in [2.45, 2.75) is 32.7 Å². The van der Waals surface area contributed by atoms with Crippen LogP contribution < -0.4 is 21.5 Å². The van der Waals surface area contributed by atoms with Gasteiger partial charge in [-0.25, -0.2) is 18.2 Å². The van der Waals surface area contributed by atoms with Gasteiger partial charge in [0, 0.05) is 47.4 Å². The summed E-state index contributed by atoms with van der Waals surface area (Å²) >= 11 is 0. The summed E-state index contributed by atoms with van der Waals surface area (Å²) in [6.07, 6.45) is 1.40. The van der Waals surface area contributed by atoms with Crippen LogP contribution in [-0.2, 0) is 0 Å². The smallest absolute Gasteiger partial charge is 0.256 e. The second-order valence-electron chi connectivity index (χ2n) is 11.0. The minimum atomic E-state index is -0.915. The lowest BCUT2D eigenvalue weighted by atomic mass is 10.0. The molecule has 0 bridgehead atoms. The standard InChI is InChI=1S/C33H29F3N6O2/c1-18-6-8-22(38-32(44)20-7-10-25(34)19(2)16-20)17-24(18)29-23-9-11-28(43)42(30-26(35)4-3-5-27(30)36)31(23)40-33(39-29)41-14-12-21(37)13-15-41/h3-11,16-17,21H,12-15,37H2,1-2H3,(H,38,44). The molecule has 0 radical (unpaired) electrons. The summed E-state index contributed by atoms with van der Waals surface area (Å²) in [5.41, 5.74) is 7.86. The van der Waals surface area contributed by atoms with Crippen molar-refractivity contribution in [3.8, 4) is 16.9 Å². The molecule has 3 heterocycles. The van der Waals surface area contributed by atoms with Crippen LogP contribution in [0, 0.1) is 31.3 Å². The monoisotopic (exact) mass is 598 g/mol. The zero-order valence-electron chi connectivity index (χ0n) is 24.1. The third-order valence-corrected chi connectivity index (χ3v) is 7.89. The van der Waals surface area contributed by atoms with Crippen LogP contribution >= 0.6 is 0 Å². The maximum absolute atomic E-state index is 15.1. The lowest BCUT2D eigenvalue weighted by Gasteiger charge is -2.30. The molecule has 0 saturated carbocycles. The molecule has 2 aromatic heterocycles. The normalized spacial score (nSPS) is 13.8. The van der Waals surface area contributed by atoms with Gasteiger partial charge in [0.1, 0.15) is 23.1 Å². The molecule has 3 N–H and O–H groups in total. The highest BCUT2D eigenvalue weighted by Crippen LogP contribution is 2.34. The highest BCUT2D eigenvalue weighted by molar-refractivity contribution is 6.05. The minimum Gasteiger partial charge on any atom is -0.341 e. The number of benzene rings is 3. The molecule has 1 saturated heterocycles. The number of amides is 1.